The summed E-state index contributed by atoms with van der Waals surface area (Å²) in [6.07, 6.45) is 9.52. The van der Waals surface area contributed by atoms with E-state index in [1.165, 1.54) is 13.0 Å². The molecule has 3 rings (SSSR count). The summed E-state index contributed by atoms with van der Waals surface area (Å²) in [4.78, 5) is 44.0. The first kappa shape index (κ1) is 28.3. The normalized spacial score (nSPS) is 14.9. The maximum atomic E-state index is 12.2. The summed E-state index contributed by atoms with van der Waals surface area (Å²) in [6, 6.07) is 14.1. The molecule has 0 radical (unpaired) electrons. The fraction of sp³-hybridized carbons (Fsp3) is 0.321. The van der Waals surface area contributed by atoms with Gasteiger partial charge in [0.2, 0.25) is 11.6 Å². The lowest BCUT2D eigenvalue weighted by Crippen LogP contribution is -2.28. The molecule has 1 amide bonds. The number of hydrogen-bond donors (Lipinski definition) is 3. The van der Waals surface area contributed by atoms with Crippen molar-refractivity contribution in [1.29, 1.82) is 0 Å². The number of carbonyl (C=O) groups excluding carboxylic acids is 1. The summed E-state index contributed by atoms with van der Waals surface area (Å²) in [6.45, 7) is 6.15. The highest BCUT2D eigenvalue weighted by Gasteiger charge is 2.44. The molecule has 0 spiro atoms. The first-order valence-corrected chi connectivity index (χ1v) is 13.8. The fourth-order valence-electron chi connectivity index (χ4n) is 4.55. The molecule has 0 aliphatic carbocycles. The number of aliphatic carboxylic acids is 1. The number of benzene rings is 2. The Kier molecular flexibility index (Phi) is 9.02. The lowest BCUT2D eigenvalue weighted by Gasteiger charge is -2.17. The second-order valence-electron chi connectivity index (χ2n) is 9.54. The van der Waals surface area contributed by atoms with E-state index in [2.05, 4.69) is 4.58 Å². The standard InChI is InChI=1S/C28H33N2O6P/c1-21(31)29(22-12-6-4-7-13-22)18-11-9-14-26-28(2,3)24-20-23(37(34,35)36)16-17-25(24)30(26)19-10-5-8-15-27(32)33/h4,6-7,9,11-14,16-18,20H,5,8,10,15,19H2,1-3H3,(H2-,32,33,34,35,36)/p+1. The summed E-state index contributed by atoms with van der Waals surface area (Å²) in [5.41, 5.74) is 2.86. The highest BCUT2D eigenvalue weighted by molar-refractivity contribution is 7.60. The highest BCUT2D eigenvalue weighted by Crippen LogP contribution is 2.43. The molecule has 0 bridgehead atoms. The Bertz CT molecular complexity index is 1290. The number of nitrogens with zero attached hydrogens (tertiary/aromatic N) is 2. The number of amides is 1. The van der Waals surface area contributed by atoms with Crippen molar-refractivity contribution in [3.8, 4) is 0 Å². The van der Waals surface area contributed by atoms with Crippen molar-refractivity contribution in [2.45, 2.75) is 51.9 Å². The predicted molar refractivity (Wildman–Crippen MR) is 145 cm³/mol. The van der Waals surface area contributed by atoms with Crippen molar-refractivity contribution in [3.05, 3.63) is 78.5 Å². The number of unbranched alkanes of at least 4 members (excludes halogenated alkanes) is 2. The van der Waals surface area contributed by atoms with Gasteiger partial charge in [-0.3, -0.25) is 19.1 Å². The van der Waals surface area contributed by atoms with Gasteiger partial charge in [0.15, 0.2) is 5.71 Å². The molecule has 2 aromatic rings. The van der Waals surface area contributed by atoms with E-state index < -0.39 is 19.0 Å². The van der Waals surface area contributed by atoms with Gasteiger partial charge in [0, 0.05) is 49.4 Å². The Labute approximate surface area is 217 Å². The monoisotopic (exact) mass is 525 g/mol. The van der Waals surface area contributed by atoms with Crippen LogP contribution in [0.4, 0.5) is 11.4 Å². The van der Waals surface area contributed by atoms with E-state index in [1.54, 1.807) is 29.3 Å². The van der Waals surface area contributed by atoms with Crippen LogP contribution in [-0.2, 0) is 19.6 Å². The third-order valence-corrected chi connectivity index (χ3v) is 7.41. The van der Waals surface area contributed by atoms with Gasteiger partial charge in [-0.25, -0.2) is 0 Å². The lowest BCUT2D eigenvalue weighted by atomic mass is 9.81. The zero-order valence-corrected chi connectivity index (χ0v) is 22.3. The third kappa shape index (κ3) is 6.92. The molecule has 0 aromatic heterocycles. The SMILES string of the molecule is CC(=O)N(/C=C/C=C/C1=[N+](CCCCCC(=O)O)c2ccc(P(=O)(O)O)cc2C1(C)C)c1ccccc1. The van der Waals surface area contributed by atoms with Gasteiger partial charge in [-0.1, -0.05) is 24.3 Å². The largest absolute Gasteiger partial charge is 0.481 e. The Morgan fingerprint density at radius 2 is 1.73 bits per heavy atom. The van der Waals surface area contributed by atoms with E-state index in [4.69, 9.17) is 5.11 Å². The second kappa shape index (κ2) is 11.8. The maximum Gasteiger partial charge on any atom is 0.356 e. The van der Waals surface area contributed by atoms with Gasteiger partial charge in [0.05, 0.1) is 10.7 Å². The first-order chi connectivity index (χ1) is 17.4. The number of para-hydroxylation sites is 1. The minimum absolute atomic E-state index is 0.0224. The van der Waals surface area contributed by atoms with Crippen LogP contribution < -0.4 is 10.2 Å². The zero-order chi connectivity index (χ0) is 27.2. The van der Waals surface area contributed by atoms with E-state index in [1.807, 2.05) is 56.3 Å². The quantitative estimate of drug-likeness (QED) is 0.170. The van der Waals surface area contributed by atoms with Crippen LogP contribution in [0.3, 0.4) is 0 Å². The van der Waals surface area contributed by atoms with Crippen LogP contribution in [0.15, 0.2) is 73.0 Å². The van der Waals surface area contributed by atoms with Gasteiger partial charge < -0.3 is 14.9 Å². The van der Waals surface area contributed by atoms with Crippen molar-refractivity contribution < 1.29 is 33.6 Å². The van der Waals surface area contributed by atoms with E-state index >= 15 is 0 Å². The number of allylic oxidation sites excluding steroid dienone is 3. The number of carboxylic acids is 1. The van der Waals surface area contributed by atoms with Crippen LogP contribution in [0, 0.1) is 0 Å². The number of fused-ring (bicyclic) bond motifs is 1. The number of hydrogen-bond acceptors (Lipinski definition) is 3. The molecule has 1 aliphatic heterocycles. The van der Waals surface area contributed by atoms with Crippen LogP contribution in [0.25, 0.3) is 0 Å². The van der Waals surface area contributed by atoms with E-state index in [-0.39, 0.29) is 17.6 Å². The maximum absolute atomic E-state index is 12.2. The molecule has 3 N–H and O–H groups in total. The van der Waals surface area contributed by atoms with E-state index in [0.717, 1.165) is 35.5 Å². The molecule has 2 aromatic carbocycles. The Balaban J connectivity index is 1.92. The molecule has 0 atom stereocenters. The molecule has 0 saturated carbocycles. The van der Waals surface area contributed by atoms with Crippen LogP contribution >= 0.6 is 7.60 Å². The van der Waals surface area contributed by atoms with Gasteiger partial charge in [-0.15, -0.1) is 0 Å². The summed E-state index contributed by atoms with van der Waals surface area (Å²) < 4.78 is 14.1. The highest BCUT2D eigenvalue weighted by atomic mass is 31.2. The van der Waals surface area contributed by atoms with Crippen LogP contribution in [0.1, 0.15) is 52.0 Å². The Morgan fingerprint density at radius 1 is 1.03 bits per heavy atom. The van der Waals surface area contributed by atoms with Gasteiger partial charge in [-0.2, -0.15) is 4.58 Å². The van der Waals surface area contributed by atoms with Gasteiger partial charge >= 0.3 is 13.6 Å². The molecule has 1 heterocycles. The molecule has 0 saturated heterocycles. The molecule has 196 valence electrons. The second-order valence-corrected chi connectivity index (χ2v) is 11.1. The number of rotatable bonds is 11. The Morgan fingerprint density at radius 3 is 2.35 bits per heavy atom. The van der Waals surface area contributed by atoms with Crippen molar-refractivity contribution in [2.75, 3.05) is 11.4 Å². The summed E-state index contributed by atoms with van der Waals surface area (Å²) in [7, 11) is -4.41. The lowest BCUT2D eigenvalue weighted by molar-refractivity contribution is -0.438. The molecule has 1 aliphatic rings. The summed E-state index contributed by atoms with van der Waals surface area (Å²) >= 11 is 0. The molecule has 37 heavy (non-hydrogen) atoms. The van der Waals surface area contributed by atoms with Crippen molar-refractivity contribution >= 4 is 41.9 Å². The molecule has 8 nitrogen and oxygen atoms in total. The smallest absolute Gasteiger partial charge is 0.356 e. The summed E-state index contributed by atoms with van der Waals surface area (Å²) in [5.74, 6) is -0.931. The molecule has 0 fully saturated rings. The van der Waals surface area contributed by atoms with Crippen molar-refractivity contribution in [1.82, 2.24) is 0 Å². The van der Waals surface area contributed by atoms with Crippen LogP contribution in [-0.4, -0.2) is 43.6 Å². The third-order valence-electron chi connectivity index (χ3n) is 6.46. The summed E-state index contributed by atoms with van der Waals surface area (Å²) in [5, 5.41) is 8.88. The van der Waals surface area contributed by atoms with Crippen LogP contribution in [0.5, 0.6) is 0 Å². The minimum atomic E-state index is -4.41. The fourth-order valence-corrected chi connectivity index (χ4v) is 5.12. The van der Waals surface area contributed by atoms with Gasteiger partial charge in [0.25, 0.3) is 0 Å². The number of anilines is 1. The van der Waals surface area contributed by atoms with Gasteiger partial charge in [-0.05, 0) is 57.0 Å². The van der Waals surface area contributed by atoms with Crippen molar-refractivity contribution in [2.24, 2.45) is 0 Å². The first-order valence-electron chi connectivity index (χ1n) is 12.2. The van der Waals surface area contributed by atoms with Crippen LogP contribution in [0.2, 0.25) is 0 Å². The molecular formula is C28H34N2O6P+. The average molecular weight is 526 g/mol. The number of carboxylic acid groups (broad SMARTS) is 1. The topological polar surface area (TPSA) is 118 Å². The van der Waals surface area contributed by atoms with E-state index in [0.29, 0.717) is 13.0 Å². The van der Waals surface area contributed by atoms with Crippen molar-refractivity contribution in [3.63, 3.8) is 0 Å². The minimum Gasteiger partial charge on any atom is -0.481 e. The number of carbonyl (C=O) groups is 2. The Hall–Kier alpha value is -3.32. The average Bonchev–Trinajstić information content (AvgIpc) is 3.04. The molecule has 0 unspecified atom stereocenters. The van der Waals surface area contributed by atoms with Gasteiger partial charge in [0.1, 0.15) is 6.54 Å². The molecule has 9 heteroatoms. The van der Waals surface area contributed by atoms with E-state index in [9.17, 15) is 23.9 Å². The zero-order valence-electron chi connectivity index (χ0n) is 21.4. The predicted octanol–water partition coefficient (Wildman–Crippen LogP) is 4.63. The molecular weight excluding hydrogens is 491 g/mol.